The zero-order valence-electron chi connectivity index (χ0n) is 13.3. The van der Waals surface area contributed by atoms with E-state index in [0.29, 0.717) is 16.1 Å². The molecule has 1 amide bonds. The molecular formula is C18H15BrClNO4. The summed E-state index contributed by atoms with van der Waals surface area (Å²) in [5.74, 6) is -1.45. The highest BCUT2D eigenvalue weighted by atomic mass is 79.9. The van der Waals surface area contributed by atoms with Crippen molar-refractivity contribution in [1.82, 2.24) is 5.32 Å². The summed E-state index contributed by atoms with van der Waals surface area (Å²) in [4.78, 5) is 36.0. The maximum absolute atomic E-state index is 12.2. The summed E-state index contributed by atoms with van der Waals surface area (Å²) in [6, 6.07) is 13.0. The Kier molecular flexibility index (Phi) is 6.73. The van der Waals surface area contributed by atoms with Gasteiger partial charge in [0.2, 0.25) is 5.78 Å². The molecule has 0 aliphatic heterocycles. The van der Waals surface area contributed by atoms with Crippen molar-refractivity contribution in [2.75, 3.05) is 6.54 Å². The SMILES string of the molecule is CC(OC(=O)CNC(=O)c1cccc(Br)c1)C(=O)c1ccc(Cl)cc1. The van der Waals surface area contributed by atoms with Gasteiger partial charge in [-0.3, -0.25) is 14.4 Å². The van der Waals surface area contributed by atoms with Crippen LogP contribution in [-0.4, -0.2) is 30.3 Å². The predicted molar refractivity (Wildman–Crippen MR) is 97.8 cm³/mol. The smallest absolute Gasteiger partial charge is 0.326 e. The second-order valence-corrected chi connectivity index (χ2v) is 6.55. The minimum absolute atomic E-state index is 0.330. The van der Waals surface area contributed by atoms with Gasteiger partial charge in [-0.2, -0.15) is 0 Å². The van der Waals surface area contributed by atoms with Gasteiger partial charge in [0.1, 0.15) is 6.54 Å². The second-order valence-electron chi connectivity index (χ2n) is 5.20. The van der Waals surface area contributed by atoms with Gasteiger partial charge < -0.3 is 10.1 Å². The molecule has 7 heteroatoms. The molecule has 0 saturated heterocycles. The van der Waals surface area contributed by atoms with Crippen LogP contribution in [0.15, 0.2) is 53.0 Å². The van der Waals surface area contributed by atoms with Gasteiger partial charge in [-0.25, -0.2) is 0 Å². The van der Waals surface area contributed by atoms with Crippen LogP contribution in [0.2, 0.25) is 5.02 Å². The molecule has 2 aromatic carbocycles. The zero-order chi connectivity index (χ0) is 18.4. The van der Waals surface area contributed by atoms with Gasteiger partial charge >= 0.3 is 5.97 Å². The number of hydrogen-bond donors (Lipinski definition) is 1. The molecule has 0 aromatic heterocycles. The molecule has 5 nitrogen and oxygen atoms in total. The average molecular weight is 425 g/mol. The first-order chi connectivity index (χ1) is 11.9. The topological polar surface area (TPSA) is 72.5 Å². The molecule has 2 rings (SSSR count). The van der Waals surface area contributed by atoms with Crippen molar-refractivity contribution < 1.29 is 19.1 Å². The number of halogens is 2. The average Bonchev–Trinajstić information content (AvgIpc) is 2.59. The number of benzene rings is 2. The van der Waals surface area contributed by atoms with Gasteiger partial charge in [-0.1, -0.05) is 33.6 Å². The Hall–Kier alpha value is -2.18. The lowest BCUT2D eigenvalue weighted by Crippen LogP contribution is -2.34. The van der Waals surface area contributed by atoms with E-state index in [2.05, 4.69) is 21.2 Å². The predicted octanol–water partition coefficient (Wildman–Crippen LogP) is 3.65. The van der Waals surface area contributed by atoms with Crippen molar-refractivity contribution in [3.63, 3.8) is 0 Å². The number of nitrogens with one attached hydrogen (secondary N) is 1. The molecule has 2 aromatic rings. The van der Waals surface area contributed by atoms with Gasteiger partial charge in [-0.15, -0.1) is 0 Å². The van der Waals surface area contributed by atoms with Crippen LogP contribution >= 0.6 is 27.5 Å². The normalized spacial score (nSPS) is 11.5. The molecule has 0 saturated carbocycles. The molecule has 1 N–H and O–H groups in total. The van der Waals surface area contributed by atoms with E-state index in [-0.39, 0.29) is 12.3 Å². The van der Waals surface area contributed by atoms with Crippen molar-refractivity contribution in [2.24, 2.45) is 0 Å². The molecule has 0 spiro atoms. The standard InChI is InChI=1S/C18H15BrClNO4/c1-11(17(23)12-5-7-15(20)8-6-12)25-16(22)10-21-18(24)13-3-2-4-14(19)9-13/h2-9,11H,10H2,1H3,(H,21,24). The Labute approximate surface area is 158 Å². The van der Waals surface area contributed by atoms with Gasteiger partial charge in [0, 0.05) is 20.6 Å². The number of ether oxygens (including phenoxy) is 1. The molecule has 0 radical (unpaired) electrons. The first kappa shape index (κ1) is 19.1. The lowest BCUT2D eigenvalue weighted by atomic mass is 10.1. The first-order valence-corrected chi connectivity index (χ1v) is 8.57. The first-order valence-electron chi connectivity index (χ1n) is 7.40. The Morgan fingerprint density at radius 2 is 1.80 bits per heavy atom. The number of ketones is 1. The summed E-state index contributed by atoms with van der Waals surface area (Å²) >= 11 is 9.04. The van der Waals surface area contributed by atoms with Crippen LogP contribution in [-0.2, 0) is 9.53 Å². The maximum Gasteiger partial charge on any atom is 0.326 e. The number of carbonyl (C=O) groups is 3. The molecule has 0 heterocycles. The van der Waals surface area contributed by atoms with Gasteiger partial charge in [-0.05, 0) is 49.4 Å². The molecular weight excluding hydrogens is 410 g/mol. The van der Waals surface area contributed by atoms with Crippen molar-refractivity contribution in [1.29, 1.82) is 0 Å². The van der Waals surface area contributed by atoms with Crippen molar-refractivity contribution >= 4 is 45.2 Å². The Morgan fingerprint density at radius 1 is 1.12 bits per heavy atom. The Morgan fingerprint density at radius 3 is 2.44 bits per heavy atom. The molecule has 25 heavy (non-hydrogen) atoms. The van der Waals surface area contributed by atoms with E-state index in [4.69, 9.17) is 16.3 Å². The Balaban J connectivity index is 1.86. The van der Waals surface area contributed by atoms with Gasteiger partial charge in [0.15, 0.2) is 6.10 Å². The van der Waals surface area contributed by atoms with E-state index in [1.54, 1.807) is 48.5 Å². The van der Waals surface area contributed by atoms with Crippen molar-refractivity contribution in [3.05, 3.63) is 69.2 Å². The molecule has 0 aliphatic carbocycles. The summed E-state index contributed by atoms with van der Waals surface area (Å²) in [7, 11) is 0. The highest BCUT2D eigenvalue weighted by Gasteiger charge is 2.20. The highest BCUT2D eigenvalue weighted by molar-refractivity contribution is 9.10. The fourth-order valence-electron chi connectivity index (χ4n) is 2.03. The quantitative estimate of drug-likeness (QED) is 0.567. The van der Waals surface area contributed by atoms with Crippen LogP contribution in [0.25, 0.3) is 0 Å². The van der Waals surface area contributed by atoms with Crippen LogP contribution in [0.1, 0.15) is 27.6 Å². The van der Waals surface area contributed by atoms with E-state index in [0.717, 1.165) is 4.47 Å². The summed E-state index contributed by atoms with van der Waals surface area (Å²) < 4.78 is 5.82. The zero-order valence-corrected chi connectivity index (χ0v) is 15.6. The summed E-state index contributed by atoms with van der Waals surface area (Å²) in [6.07, 6.45) is -0.962. The number of esters is 1. The van der Waals surface area contributed by atoms with Crippen molar-refractivity contribution in [3.8, 4) is 0 Å². The molecule has 0 fully saturated rings. The summed E-state index contributed by atoms with van der Waals surface area (Å²) in [5, 5.41) is 2.97. The van der Waals surface area contributed by atoms with Gasteiger partial charge in [0.05, 0.1) is 0 Å². The molecule has 130 valence electrons. The molecule has 0 aliphatic rings. The van der Waals surface area contributed by atoms with Crippen LogP contribution in [0.4, 0.5) is 0 Å². The lowest BCUT2D eigenvalue weighted by molar-refractivity contribution is -0.145. The van der Waals surface area contributed by atoms with E-state index < -0.39 is 18.0 Å². The summed E-state index contributed by atoms with van der Waals surface area (Å²) in [5.41, 5.74) is 0.801. The summed E-state index contributed by atoms with van der Waals surface area (Å²) in [6.45, 7) is 1.15. The van der Waals surface area contributed by atoms with E-state index in [1.165, 1.54) is 6.92 Å². The lowest BCUT2D eigenvalue weighted by Gasteiger charge is -2.13. The van der Waals surface area contributed by atoms with Crippen LogP contribution < -0.4 is 5.32 Å². The second kappa shape index (κ2) is 8.78. The largest absolute Gasteiger partial charge is 0.453 e. The third kappa shape index (κ3) is 5.69. The number of amides is 1. The van der Waals surface area contributed by atoms with Crippen LogP contribution in [0.5, 0.6) is 0 Å². The minimum atomic E-state index is -0.962. The number of rotatable bonds is 6. The maximum atomic E-state index is 12.2. The fourth-order valence-corrected chi connectivity index (χ4v) is 2.55. The Bertz CT molecular complexity index is 792. The van der Waals surface area contributed by atoms with Gasteiger partial charge in [0.25, 0.3) is 5.91 Å². The molecule has 0 bridgehead atoms. The monoisotopic (exact) mass is 423 g/mol. The molecule has 1 atom stereocenters. The van der Waals surface area contributed by atoms with Crippen molar-refractivity contribution in [2.45, 2.75) is 13.0 Å². The highest BCUT2D eigenvalue weighted by Crippen LogP contribution is 2.13. The van der Waals surface area contributed by atoms with Crippen LogP contribution in [0.3, 0.4) is 0 Å². The third-order valence-electron chi connectivity index (χ3n) is 3.29. The third-order valence-corrected chi connectivity index (χ3v) is 4.03. The van der Waals surface area contributed by atoms with E-state index in [9.17, 15) is 14.4 Å². The number of hydrogen-bond acceptors (Lipinski definition) is 4. The number of carbonyl (C=O) groups excluding carboxylic acids is 3. The van der Waals surface area contributed by atoms with E-state index >= 15 is 0 Å². The fraction of sp³-hybridized carbons (Fsp3) is 0.167. The number of Topliss-reactive ketones (excluding diaryl/α,β-unsaturated/α-hetero) is 1. The molecule has 1 unspecified atom stereocenters. The van der Waals surface area contributed by atoms with E-state index in [1.807, 2.05) is 0 Å². The minimum Gasteiger partial charge on any atom is -0.453 e. The van der Waals surface area contributed by atoms with Crippen LogP contribution in [0, 0.1) is 0 Å².